The lowest BCUT2D eigenvalue weighted by Gasteiger charge is -2.14. The van der Waals surface area contributed by atoms with Crippen LogP contribution in [-0.4, -0.2) is 40.4 Å². The molecule has 0 aliphatic carbocycles. The molecule has 0 aliphatic heterocycles. The van der Waals surface area contributed by atoms with Crippen LogP contribution in [0.2, 0.25) is 10.0 Å². The van der Waals surface area contributed by atoms with Crippen LogP contribution in [0.5, 0.6) is 11.5 Å². The number of carbonyl (C=O) groups is 1. The number of halogens is 2. The number of anilines is 1. The number of hydrogen-bond acceptors (Lipinski definition) is 6. The molecule has 5 aromatic rings. The smallest absolute Gasteiger partial charge is 0.283 e. The van der Waals surface area contributed by atoms with Gasteiger partial charge in [0, 0.05) is 22.7 Å². The molecule has 8 nitrogen and oxygen atoms in total. The summed E-state index contributed by atoms with van der Waals surface area (Å²) in [4.78, 5) is 34.5. The first-order valence-electron chi connectivity index (χ1n) is 11.0. The van der Waals surface area contributed by atoms with Crippen molar-refractivity contribution in [3.05, 3.63) is 81.1 Å². The van der Waals surface area contributed by atoms with E-state index >= 15 is 0 Å². The predicted molar refractivity (Wildman–Crippen MR) is 148 cm³/mol. The third-order valence-corrected chi connectivity index (χ3v) is 7.33. The molecule has 0 spiro atoms. The monoisotopic (exact) mass is 554 g/mol. The minimum atomic E-state index is -0.305. The van der Waals surface area contributed by atoms with Crippen molar-refractivity contribution in [1.82, 2.24) is 14.5 Å². The van der Waals surface area contributed by atoms with Gasteiger partial charge in [0.05, 0.1) is 35.7 Å². The van der Waals surface area contributed by atoms with E-state index in [0.717, 1.165) is 22.7 Å². The molecular formula is C26H20Cl2N4O4S. The Morgan fingerprint density at radius 2 is 1.81 bits per heavy atom. The SMILES string of the molecule is COc1ccc(-n2c(SCC(=O)Nc3ccc(Cl)c(Cl)c3)nc3c([nH]c4ccccc43)c2=O)cc1OC. The van der Waals surface area contributed by atoms with Gasteiger partial charge in [-0.05, 0) is 36.4 Å². The number of hydrogen-bond donors (Lipinski definition) is 2. The van der Waals surface area contributed by atoms with Crippen molar-refractivity contribution in [3.8, 4) is 17.2 Å². The number of H-pyrrole nitrogens is 1. The van der Waals surface area contributed by atoms with Crippen LogP contribution in [0.4, 0.5) is 5.69 Å². The fraction of sp³-hybridized carbons (Fsp3) is 0.115. The van der Waals surface area contributed by atoms with Gasteiger partial charge in [-0.1, -0.05) is 53.2 Å². The van der Waals surface area contributed by atoms with E-state index in [9.17, 15) is 9.59 Å². The van der Waals surface area contributed by atoms with Gasteiger partial charge in [-0.3, -0.25) is 14.2 Å². The maximum atomic E-state index is 13.8. The number of methoxy groups -OCH3 is 2. The van der Waals surface area contributed by atoms with Crippen molar-refractivity contribution < 1.29 is 14.3 Å². The van der Waals surface area contributed by atoms with E-state index in [4.69, 9.17) is 37.7 Å². The molecule has 11 heteroatoms. The van der Waals surface area contributed by atoms with Crippen LogP contribution in [0.15, 0.2) is 70.6 Å². The van der Waals surface area contributed by atoms with Gasteiger partial charge >= 0.3 is 0 Å². The summed E-state index contributed by atoms with van der Waals surface area (Å²) in [5.41, 5.74) is 2.41. The molecule has 0 saturated heterocycles. The number of carbonyl (C=O) groups excluding carboxylic acids is 1. The van der Waals surface area contributed by atoms with Crippen molar-refractivity contribution in [2.75, 3.05) is 25.3 Å². The molecule has 0 atom stereocenters. The van der Waals surface area contributed by atoms with Gasteiger partial charge in [-0.2, -0.15) is 0 Å². The minimum absolute atomic E-state index is 0.00611. The van der Waals surface area contributed by atoms with Gasteiger partial charge in [0.1, 0.15) is 11.0 Å². The van der Waals surface area contributed by atoms with E-state index in [2.05, 4.69) is 10.3 Å². The summed E-state index contributed by atoms with van der Waals surface area (Å²) in [6, 6.07) is 17.5. The number of aromatic amines is 1. The van der Waals surface area contributed by atoms with Gasteiger partial charge in [0.25, 0.3) is 5.56 Å². The summed E-state index contributed by atoms with van der Waals surface area (Å²) in [6.45, 7) is 0. The second-order valence-electron chi connectivity index (χ2n) is 7.93. The number of amides is 1. The van der Waals surface area contributed by atoms with Crippen molar-refractivity contribution in [1.29, 1.82) is 0 Å². The largest absolute Gasteiger partial charge is 0.493 e. The predicted octanol–water partition coefficient (Wildman–Crippen LogP) is 5.92. The number of para-hydroxylation sites is 1. The van der Waals surface area contributed by atoms with E-state index in [0.29, 0.717) is 49.1 Å². The van der Waals surface area contributed by atoms with Crippen LogP contribution < -0.4 is 20.3 Å². The Kier molecular flexibility index (Phi) is 7.01. The molecule has 2 aromatic heterocycles. The zero-order valence-corrected chi connectivity index (χ0v) is 22.0. The number of thioether (sulfide) groups is 1. The maximum absolute atomic E-state index is 13.8. The minimum Gasteiger partial charge on any atom is -0.493 e. The molecule has 1 amide bonds. The van der Waals surface area contributed by atoms with Crippen LogP contribution in [-0.2, 0) is 4.79 Å². The lowest BCUT2D eigenvalue weighted by molar-refractivity contribution is -0.113. The third kappa shape index (κ3) is 4.85. The molecule has 0 fully saturated rings. The molecule has 188 valence electrons. The van der Waals surface area contributed by atoms with Gasteiger partial charge in [-0.25, -0.2) is 4.98 Å². The van der Waals surface area contributed by atoms with Crippen molar-refractivity contribution in [3.63, 3.8) is 0 Å². The summed E-state index contributed by atoms with van der Waals surface area (Å²) in [6.07, 6.45) is 0. The summed E-state index contributed by atoms with van der Waals surface area (Å²) in [5, 5.41) is 4.68. The molecule has 0 aliphatic rings. The molecule has 0 saturated carbocycles. The summed E-state index contributed by atoms with van der Waals surface area (Å²) < 4.78 is 12.2. The summed E-state index contributed by atoms with van der Waals surface area (Å²) in [7, 11) is 3.06. The highest BCUT2D eigenvalue weighted by atomic mass is 35.5. The molecule has 37 heavy (non-hydrogen) atoms. The van der Waals surface area contributed by atoms with E-state index in [1.807, 2.05) is 24.3 Å². The fourth-order valence-electron chi connectivity index (χ4n) is 3.93. The highest BCUT2D eigenvalue weighted by molar-refractivity contribution is 7.99. The number of nitrogens with one attached hydrogen (secondary N) is 2. The van der Waals surface area contributed by atoms with Gasteiger partial charge in [-0.15, -0.1) is 0 Å². The topological polar surface area (TPSA) is 98.2 Å². The van der Waals surface area contributed by atoms with Crippen LogP contribution in [0.1, 0.15) is 0 Å². The van der Waals surface area contributed by atoms with Crippen LogP contribution in [0.3, 0.4) is 0 Å². The third-order valence-electron chi connectivity index (χ3n) is 5.66. The Balaban J connectivity index is 1.57. The first kappa shape index (κ1) is 25.0. The number of rotatable bonds is 7. The Bertz CT molecular complexity index is 1720. The quantitative estimate of drug-likeness (QED) is 0.191. The van der Waals surface area contributed by atoms with Crippen LogP contribution in [0, 0.1) is 0 Å². The number of benzene rings is 3. The Morgan fingerprint density at radius 3 is 2.57 bits per heavy atom. The maximum Gasteiger partial charge on any atom is 0.283 e. The van der Waals surface area contributed by atoms with Crippen LogP contribution in [0.25, 0.3) is 27.6 Å². The molecule has 0 bridgehead atoms. The van der Waals surface area contributed by atoms with Gasteiger partial charge in [0.2, 0.25) is 5.91 Å². The Labute approximate surface area is 225 Å². The molecule has 0 radical (unpaired) electrons. The second kappa shape index (κ2) is 10.4. The second-order valence-corrected chi connectivity index (χ2v) is 9.69. The number of nitrogens with zero attached hydrogens (tertiary/aromatic N) is 2. The van der Waals surface area contributed by atoms with Gasteiger partial charge < -0.3 is 19.8 Å². The molecule has 2 heterocycles. The number of ether oxygens (including phenoxy) is 2. The summed E-state index contributed by atoms with van der Waals surface area (Å²) >= 11 is 13.2. The van der Waals surface area contributed by atoms with Crippen molar-refractivity contribution in [2.24, 2.45) is 0 Å². The number of fused-ring (bicyclic) bond motifs is 3. The van der Waals surface area contributed by atoms with Gasteiger partial charge in [0.15, 0.2) is 16.7 Å². The van der Waals surface area contributed by atoms with Crippen molar-refractivity contribution in [2.45, 2.75) is 5.16 Å². The first-order valence-corrected chi connectivity index (χ1v) is 12.8. The number of aromatic nitrogens is 3. The lowest BCUT2D eigenvalue weighted by Crippen LogP contribution is -2.23. The highest BCUT2D eigenvalue weighted by Gasteiger charge is 2.19. The van der Waals surface area contributed by atoms with E-state index < -0.39 is 0 Å². The van der Waals surface area contributed by atoms with E-state index in [-0.39, 0.29) is 17.2 Å². The standard InChI is InChI=1S/C26H20Cl2N4O4S/c1-35-20-10-8-15(12-21(20)36-2)32-25(34)24-23(16-5-3-4-6-19(16)30-24)31-26(32)37-13-22(33)29-14-7-9-17(27)18(28)11-14/h3-12,30H,13H2,1-2H3,(H,29,33). The van der Waals surface area contributed by atoms with Crippen LogP contribution >= 0.6 is 35.0 Å². The van der Waals surface area contributed by atoms with E-state index in [1.165, 1.54) is 18.8 Å². The molecule has 5 rings (SSSR count). The highest BCUT2D eigenvalue weighted by Crippen LogP contribution is 2.32. The zero-order valence-electron chi connectivity index (χ0n) is 19.7. The molecule has 0 unspecified atom stereocenters. The average molecular weight is 555 g/mol. The average Bonchev–Trinajstić information content (AvgIpc) is 3.28. The Hall–Kier alpha value is -3.66. The molecule has 3 aromatic carbocycles. The molecule has 2 N–H and O–H groups in total. The van der Waals surface area contributed by atoms with Crippen molar-refractivity contribution >= 4 is 68.5 Å². The first-order chi connectivity index (χ1) is 17.9. The van der Waals surface area contributed by atoms with E-state index in [1.54, 1.807) is 36.4 Å². The Morgan fingerprint density at radius 1 is 1.03 bits per heavy atom. The zero-order chi connectivity index (χ0) is 26.1. The normalized spacial score (nSPS) is 11.1. The fourth-order valence-corrected chi connectivity index (χ4v) is 5.04. The molecular weight excluding hydrogens is 535 g/mol. The lowest BCUT2D eigenvalue weighted by atomic mass is 10.2. The summed E-state index contributed by atoms with van der Waals surface area (Å²) in [5.74, 6) is 0.676.